The standard InChI is InChI=1S/C14H13NO.C7H8O3S/c1-15-10-8-13(9-11-15)3-2-12-4-6-14(16)7-5-12;1-6-2-4-7(5-3-6)11(8,9)10/h2-11H,1H3;2-5H,1H3,(H,8,9,10). The van der Waals surface area contributed by atoms with Gasteiger partial charge in [-0.15, -0.1) is 0 Å². The van der Waals surface area contributed by atoms with Crippen molar-refractivity contribution in [2.45, 2.75) is 11.8 Å². The molecule has 0 unspecified atom stereocenters. The highest BCUT2D eigenvalue weighted by Crippen LogP contribution is 2.12. The van der Waals surface area contributed by atoms with Crippen LogP contribution >= 0.6 is 0 Å². The van der Waals surface area contributed by atoms with E-state index >= 15 is 0 Å². The Morgan fingerprint density at radius 1 is 0.852 bits per heavy atom. The number of hydrogen-bond donors (Lipinski definition) is 1. The minimum atomic E-state index is -4.27. The molecule has 0 fully saturated rings. The van der Waals surface area contributed by atoms with Crippen LogP contribution in [0, 0.1) is 6.92 Å². The fourth-order valence-corrected chi connectivity index (χ4v) is 2.58. The molecule has 27 heavy (non-hydrogen) atoms. The van der Waals surface area contributed by atoms with Gasteiger partial charge in [-0.3, -0.25) is 0 Å². The molecule has 0 spiro atoms. The van der Waals surface area contributed by atoms with E-state index in [9.17, 15) is 13.0 Å². The Morgan fingerprint density at radius 2 is 1.33 bits per heavy atom. The van der Waals surface area contributed by atoms with Gasteiger partial charge in [0.2, 0.25) is 0 Å². The van der Waals surface area contributed by atoms with Gasteiger partial charge >= 0.3 is 0 Å². The lowest BCUT2D eigenvalue weighted by atomic mass is 10.1. The lowest BCUT2D eigenvalue weighted by molar-refractivity contribution is -0.671. The molecule has 0 bridgehead atoms. The molecular formula is C21H21NO4S. The molecule has 0 saturated carbocycles. The monoisotopic (exact) mass is 383 g/mol. The van der Waals surface area contributed by atoms with Crippen molar-refractivity contribution in [2.24, 2.45) is 7.05 Å². The maximum absolute atomic E-state index is 10.4. The Morgan fingerprint density at radius 3 is 1.81 bits per heavy atom. The van der Waals surface area contributed by atoms with Gasteiger partial charge in [0.25, 0.3) is 0 Å². The predicted molar refractivity (Wildman–Crippen MR) is 104 cm³/mol. The molecule has 0 aliphatic carbocycles. The minimum absolute atomic E-state index is 0.178. The number of aryl methyl sites for hydroxylation is 2. The van der Waals surface area contributed by atoms with Crippen molar-refractivity contribution >= 4 is 22.3 Å². The van der Waals surface area contributed by atoms with Crippen molar-refractivity contribution in [1.82, 2.24) is 0 Å². The van der Waals surface area contributed by atoms with Crippen molar-refractivity contribution < 1.29 is 22.6 Å². The third kappa shape index (κ3) is 7.05. The smallest absolute Gasteiger partial charge is 0.169 e. The van der Waals surface area contributed by atoms with Gasteiger partial charge in [-0.05, 0) is 42.3 Å². The molecule has 0 radical (unpaired) electrons. The number of aromatic hydroxyl groups is 1. The molecule has 140 valence electrons. The van der Waals surface area contributed by atoms with Crippen LogP contribution in [0.25, 0.3) is 12.2 Å². The Labute approximate surface area is 159 Å². The summed E-state index contributed by atoms with van der Waals surface area (Å²) in [6.07, 6.45) is 8.09. The highest BCUT2D eigenvalue weighted by molar-refractivity contribution is 7.85. The zero-order chi connectivity index (χ0) is 19.9. The number of benzene rings is 2. The third-order valence-corrected chi connectivity index (χ3v) is 4.52. The summed E-state index contributed by atoms with van der Waals surface area (Å²) < 4.78 is 33.2. The summed E-state index contributed by atoms with van der Waals surface area (Å²) >= 11 is 0. The van der Waals surface area contributed by atoms with Gasteiger partial charge in [-0.25, -0.2) is 13.0 Å². The van der Waals surface area contributed by atoms with E-state index in [1.54, 1.807) is 24.3 Å². The van der Waals surface area contributed by atoms with Gasteiger partial charge in [0.1, 0.15) is 22.9 Å². The quantitative estimate of drug-likeness (QED) is 0.556. The Bertz CT molecular complexity index is 944. The molecule has 0 atom stereocenters. The summed E-state index contributed by atoms with van der Waals surface area (Å²) in [4.78, 5) is -0.178. The van der Waals surface area contributed by atoms with Crippen LogP contribution in [-0.2, 0) is 17.2 Å². The van der Waals surface area contributed by atoms with Crippen molar-refractivity contribution in [3.63, 3.8) is 0 Å². The maximum Gasteiger partial charge on any atom is 0.169 e. The zero-order valence-electron chi connectivity index (χ0n) is 15.1. The second-order valence-corrected chi connectivity index (χ2v) is 7.37. The number of aromatic nitrogens is 1. The average Bonchev–Trinajstić information content (AvgIpc) is 2.63. The van der Waals surface area contributed by atoms with Crippen LogP contribution in [-0.4, -0.2) is 18.1 Å². The van der Waals surface area contributed by atoms with Crippen LogP contribution < -0.4 is 4.57 Å². The average molecular weight is 383 g/mol. The van der Waals surface area contributed by atoms with Crippen molar-refractivity contribution in [2.75, 3.05) is 0 Å². The van der Waals surface area contributed by atoms with E-state index < -0.39 is 10.1 Å². The molecule has 5 nitrogen and oxygen atoms in total. The van der Waals surface area contributed by atoms with Crippen LogP contribution in [0.1, 0.15) is 16.7 Å². The van der Waals surface area contributed by atoms with Crippen molar-refractivity contribution in [3.8, 4) is 5.75 Å². The minimum Gasteiger partial charge on any atom is -0.744 e. The van der Waals surface area contributed by atoms with E-state index in [1.165, 1.54) is 12.1 Å². The first-order chi connectivity index (χ1) is 12.7. The molecule has 0 amide bonds. The normalized spacial score (nSPS) is 11.1. The van der Waals surface area contributed by atoms with E-state index in [0.29, 0.717) is 5.75 Å². The first kappa shape index (κ1) is 20.4. The third-order valence-electron chi connectivity index (χ3n) is 3.68. The molecule has 1 N–H and O–H groups in total. The Balaban J connectivity index is 0.000000208. The molecular weight excluding hydrogens is 362 g/mol. The number of pyridine rings is 1. The first-order valence-corrected chi connectivity index (χ1v) is 9.60. The second kappa shape index (κ2) is 9.12. The fraction of sp³-hybridized carbons (Fsp3) is 0.0952. The predicted octanol–water partition coefficient (Wildman–Crippen LogP) is 3.29. The van der Waals surface area contributed by atoms with Crippen LogP contribution in [0.4, 0.5) is 0 Å². The number of nitrogens with zero attached hydrogens (tertiary/aromatic N) is 1. The number of phenols is 1. The van der Waals surface area contributed by atoms with Gasteiger partial charge in [0, 0.05) is 12.1 Å². The molecule has 2 aromatic carbocycles. The summed E-state index contributed by atoms with van der Waals surface area (Å²) in [7, 11) is -2.28. The summed E-state index contributed by atoms with van der Waals surface area (Å²) in [5, 5.41) is 9.15. The van der Waals surface area contributed by atoms with E-state index in [1.807, 2.05) is 55.2 Å². The second-order valence-electron chi connectivity index (χ2n) is 5.99. The topological polar surface area (TPSA) is 81.3 Å². The molecule has 1 aromatic heterocycles. The lowest BCUT2D eigenvalue weighted by Gasteiger charge is -2.05. The van der Waals surface area contributed by atoms with E-state index in [2.05, 4.69) is 12.1 Å². The van der Waals surface area contributed by atoms with Crippen molar-refractivity contribution in [3.05, 3.63) is 89.7 Å². The van der Waals surface area contributed by atoms with Crippen molar-refractivity contribution in [1.29, 1.82) is 0 Å². The Kier molecular flexibility index (Phi) is 6.87. The van der Waals surface area contributed by atoms with Gasteiger partial charge < -0.3 is 9.66 Å². The summed E-state index contributed by atoms with van der Waals surface area (Å²) in [5.74, 6) is 0.295. The maximum atomic E-state index is 10.4. The number of rotatable bonds is 3. The molecule has 3 rings (SSSR count). The summed E-state index contributed by atoms with van der Waals surface area (Å²) in [6.45, 7) is 1.82. The van der Waals surface area contributed by atoms with Gasteiger partial charge in [0.05, 0.1) is 4.90 Å². The summed E-state index contributed by atoms with van der Waals surface area (Å²) in [6, 6.07) is 17.0. The number of phenolic OH excluding ortho intramolecular Hbond substituents is 1. The molecule has 6 heteroatoms. The first-order valence-electron chi connectivity index (χ1n) is 8.19. The molecule has 3 aromatic rings. The largest absolute Gasteiger partial charge is 0.744 e. The highest BCUT2D eigenvalue weighted by Gasteiger charge is 1.97. The van der Waals surface area contributed by atoms with Crippen LogP contribution in [0.15, 0.2) is 78.0 Å². The van der Waals surface area contributed by atoms with Crippen LogP contribution in [0.2, 0.25) is 0 Å². The van der Waals surface area contributed by atoms with Crippen LogP contribution in [0.5, 0.6) is 5.75 Å². The number of hydrogen-bond acceptors (Lipinski definition) is 4. The van der Waals surface area contributed by atoms with E-state index in [4.69, 9.17) is 5.11 Å². The molecule has 0 saturated heterocycles. The van der Waals surface area contributed by atoms with Crippen LogP contribution in [0.3, 0.4) is 0 Å². The summed E-state index contributed by atoms with van der Waals surface area (Å²) in [5.41, 5.74) is 3.16. The molecule has 0 aliphatic rings. The van der Waals surface area contributed by atoms with E-state index in [-0.39, 0.29) is 4.90 Å². The SMILES string of the molecule is C[n+]1ccc(C=Cc2ccc(O)cc2)cc1.Cc1ccc(S(=O)(=O)[O-])cc1. The fourth-order valence-electron chi connectivity index (χ4n) is 2.11. The highest BCUT2D eigenvalue weighted by atomic mass is 32.2. The van der Waals surface area contributed by atoms with Gasteiger partial charge in [-0.1, -0.05) is 42.0 Å². The Hall–Kier alpha value is -2.96. The van der Waals surface area contributed by atoms with E-state index in [0.717, 1.165) is 16.7 Å². The molecule has 0 aliphatic heterocycles. The lowest BCUT2D eigenvalue weighted by Crippen LogP contribution is -2.25. The van der Waals surface area contributed by atoms with Gasteiger partial charge in [0.15, 0.2) is 12.4 Å². The zero-order valence-corrected chi connectivity index (χ0v) is 15.9. The van der Waals surface area contributed by atoms with Gasteiger partial charge in [-0.2, -0.15) is 0 Å². The molecule has 1 heterocycles.